The van der Waals surface area contributed by atoms with Gasteiger partial charge in [-0.15, -0.1) is 0 Å². The van der Waals surface area contributed by atoms with Crippen LogP contribution in [0.15, 0.2) is 101 Å². The van der Waals surface area contributed by atoms with Gasteiger partial charge in [-0.3, -0.25) is 4.79 Å². The maximum absolute atomic E-state index is 13.5. The number of carboxylic acids is 1. The third-order valence-corrected chi connectivity index (χ3v) is 7.57. The van der Waals surface area contributed by atoms with Crippen molar-refractivity contribution in [3.05, 3.63) is 120 Å². The number of carbonyl (C=O) groups excluding carboxylic acids is 1. The van der Waals surface area contributed by atoms with Crippen molar-refractivity contribution in [2.75, 3.05) is 12.0 Å². The summed E-state index contributed by atoms with van der Waals surface area (Å²) in [6, 6.07) is 28.0. The summed E-state index contributed by atoms with van der Waals surface area (Å²) in [5, 5.41) is 14.4. The normalized spacial score (nSPS) is 11.6. The zero-order valence-electron chi connectivity index (χ0n) is 23.0. The number of ether oxygens (including phenoxy) is 1. The van der Waals surface area contributed by atoms with E-state index in [-0.39, 0.29) is 37.9 Å². The fraction of sp³-hybridized carbons (Fsp3) is 0.176. The van der Waals surface area contributed by atoms with Crippen molar-refractivity contribution in [3.8, 4) is 22.5 Å². The molecule has 0 spiro atoms. The van der Waals surface area contributed by atoms with Crippen LogP contribution in [-0.4, -0.2) is 53.9 Å². The summed E-state index contributed by atoms with van der Waals surface area (Å²) in [6.45, 7) is 0.487. The number of hydrogen-bond donors (Lipinski definition) is 2. The molecular formula is C34H31FLiNO5S. The van der Waals surface area contributed by atoms with Gasteiger partial charge in [0.2, 0.25) is 0 Å². The first-order valence-electron chi connectivity index (χ1n) is 13.5. The van der Waals surface area contributed by atoms with E-state index in [1.54, 1.807) is 18.2 Å². The van der Waals surface area contributed by atoms with E-state index >= 15 is 0 Å². The van der Waals surface area contributed by atoms with Gasteiger partial charge in [-0.05, 0) is 94.4 Å². The fourth-order valence-electron chi connectivity index (χ4n) is 4.79. The Kier molecular flexibility index (Phi) is 11.3. The average Bonchev–Trinajstić information content (AvgIpc) is 3.48. The number of thioether (sulfide) groups is 1. The molecule has 0 radical (unpaired) electrons. The Labute approximate surface area is 265 Å². The molecule has 0 bridgehead atoms. The molecule has 1 aromatic heterocycles. The SMILES string of the molecule is CSCC[C@H](NC(=O)c1ccc(COCc2ccc(-c3ccc(F)cc3)o2)cc1-c1cccc2ccccc12)C(=O)O.[LiH]. The molecule has 0 aliphatic carbocycles. The van der Waals surface area contributed by atoms with Crippen molar-refractivity contribution < 1.29 is 28.2 Å². The van der Waals surface area contributed by atoms with Crippen LogP contribution in [0.2, 0.25) is 0 Å². The number of rotatable bonds is 12. The van der Waals surface area contributed by atoms with E-state index in [9.17, 15) is 19.1 Å². The van der Waals surface area contributed by atoms with Crippen molar-refractivity contribution >= 4 is 53.3 Å². The quantitative estimate of drug-likeness (QED) is 0.153. The molecule has 5 rings (SSSR count). The zero-order valence-corrected chi connectivity index (χ0v) is 23.8. The molecule has 5 aromatic rings. The molecule has 0 saturated carbocycles. The number of carboxylic acid groups (broad SMARTS) is 1. The second-order valence-corrected chi connectivity index (χ2v) is 10.8. The second-order valence-electron chi connectivity index (χ2n) is 9.82. The standard InChI is InChI=1S/C34H30FNO5S.Li.H/c1-42-18-17-31(34(38)39)36-33(37)29-15-9-22(19-30(29)28-8-4-6-23-5-2-3-7-27(23)28)20-40-21-26-14-16-32(41-26)24-10-12-25(35)13-11-24;;/h2-16,19,31H,17-18,20-21H2,1H3,(H,36,37)(H,38,39);;/t31-;;/m0../s1. The number of amides is 1. The average molecular weight is 592 g/mol. The molecule has 6 nitrogen and oxygen atoms in total. The molecule has 0 saturated heterocycles. The van der Waals surface area contributed by atoms with Crippen molar-refractivity contribution in [2.24, 2.45) is 0 Å². The first-order valence-corrected chi connectivity index (χ1v) is 14.9. The predicted octanol–water partition coefficient (Wildman–Crippen LogP) is 6.91. The number of aliphatic carboxylic acids is 1. The molecule has 0 unspecified atom stereocenters. The number of halogens is 1. The number of furan rings is 1. The summed E-state index contributed by atoms with van der Waals surface area (Å²) in [4.78, 5) is 25.3. The Morgan fingerprint density at radius 3 is 2.47 bits per heavy atom. The van der Waals surface area contributed by atoms with Gasteiger partial charge in [0.05, 0.1) is 6.61 Å². The minimum atomic E-state index is -1.06. The van der Waals surface area contributed by atoms with E-state index in [0.29, 0.717) is 34.8 Å². The summed E-state index contributed by atoms with van der Waals surface area (Å²) in [5.41, 5.74) is 3.56. The number of benzene rings is 4. The van der Waals surface area contributed by atoms with Crippen LogP contribution < -0.4 is 5.32 Å². The fourth-order valence-corrected chi connectivity index (χ4v) is 5.26. The molecule has 0 aliphatic heterocycles. The summed E-state index contributed by atoms with van der Waals surface area (Å²) < 4.78 is 25.1. The topological polar surface area (TPSA) is 88.8 Å². The minimum absolute atomic E-state index is 0. The van der Waals surface area contributed by atoms with Crippen LogP contribution in [0.3, 0.4) is 0 Å². The molecule has 0 fully saturated rings. The van der Waals surface area contributed by atoms with Crippen LogP contribution >= 0.6 is 11.8 Å². The maximum atomic E-state index is 13.5. The van der Waals surface area contributed by atoms with Crippen LogP contribution in [0.1, 0.15) is 28.1 Å². The van der Waals surface area contributed by atoms with Gasteiger partial charge >= 0.3 is 24.8 Å². The summed E-state index contributed by atoms with van der Waals surface area (Å²) in [6.07, 6.45) is 2.23. The Morgan fingerprint density at radius 1 is 0.930 bits per heavy atom. The van der Waals surface area contributed by atoms with Gasteiger partial charge in [-0.2, -0.15) is 11.8 Å². The van der Waals surface area contributed by atoms with Crippen molar-refractivity contribution in [2.45, 2.75) is 25.7 Å². The Morgan fingerprint density at radius 2 is 1.70 bits per heavy atom. The van der Waals surface area contributed by atoms with Gasteiger partial charge in [-0.1, -0.05) is 48.5 Å². The molecule has 43 heavy (non-hydrogen) atoms. The van der Waals surface area contributed by atoms with Crippen LogP contribution in [0.25, 0.3) is 33.2 Å². The zero-order chi connectivity index (χ0) is 29.5. The van der Waals surface area contributed by atoms with Crippen LogP contribution in [0.5, 0.6) is 0 Å². The molecule has 9 heteroatoms. The van der Waals surface area contributed by atoms with Gasteiger partial charge in [0.1, 0.15) is 30.0 Å². The number of hydrogen-bond acceptors (Lipinski definition) is 5. The third kappa shape index (κ3) is 7.98. The van der Waals surface area contributed by atoms with Gasteiger partial charge in [-0.25, -0.2) is 9.18 Å². The molecule has 216 valence electrons. The molecule has 1 atom stereocenters. The van der Waals surface area contributed by atoms with E-state index in [0.717, 1.165) is 27.5 Å². The van der Waals surface area contributed by atoms with Gasteiger partial charge in [0.25, 0.3) is 5.91 Å². The first-order chi connectivity index (χ1) is 20.4. The van der Waals surface area contributed by atoms with E-state index in [1.807, 2.05) is 73.0 Å². The van der Waals surface area contributed by atoms with Crippen LogP contribution in [0, 0.1) is 5.82 Å². The van der Waals surface area contributed by atoms with Crippen molar-refractivity contribution in [3.63, 3.8) is 0 Å². The van der Waals surface area contributed by atoms with Gasteiger partial charge < -0.3 is 19.6 Å². The predicted molar refractivity (Wildman–Crippen MR) is 171 cm³/mol. The van der Waals surface area contributed by atoms with Crippen LogP contribution in [-0.2, 0) is 22.7 Å². The van der Waals surface area contributed by atoms with E-state index in [2.05, 4.69) is 5.32 Å². The molecule has 2 N–H and O–H groups in total. The summed E-state index contributed by atoms with van der Waals surface area (Å²) in [7, 11) is 0. The van der Waals surface area contributed by atoms with E-state index in [4.69, 9.17) is 9.15 Å². The number of carbonyl (C=O) groups is 2. The van der Waals surface area contributed by atoms with Crippen molar-refractivity contribution in [1.29, 1.82) is 0 Å². The van der Waals surface area contributed by atoms with E-state index in [1.165, 1.54) is 23.9 Å². The monoisotopic (exact) mass is 591 g/mol. The second kappa shape index (κ2) is 15.1. The Balaban J connectivity index is 0.00000423. The van der Waals surface area contributed by atoms with Gasteiger partial charge in [0.15, 0.2) is 0 Å². The number of nitrogens with one attached hydrogen (secondary N) is 1. The molecule has 4 aromatic carbocycles. The van der Waals surface area contributed by atoms with Gasteiger partial charge in [0, 0.05) is 11.1 Å². The third-order valence-electron chi connectivity index (χ3n) is 6.93. The van der Waals surface area contributed by atoms with Crippen molar-refractivity contribution in [1.82, 2.24) is 5.32 Å². The summed E-state index contributed by atoms with van der Waals surface area (Å²) in [5.74, 6) is 0.0593. The molecule has 1 amide bonds. The van der Waals surface area contributed by atoms with Crippen LogP contribution in [0.4, 0.5) is 4.39 Å². The number of fused-ring (bicyclic) bond motifs is 1. The summed E-state index contributed by atoms with van der Waals surface area (Å²) >= 11 is 1.53. The Hall–Kier alpha value is -3.80. The Bertz CT molecular complexity index is 1700. The first kappa shape index (κ1) is 32.1. The molecule has 0 aliphatic rings. The van der Waals surface area contributed by atoms with E-state index < -0.39 is 17.9 Å². The molecule has 1 heterocycles. The molecular weight excluding hydrogens is 560 g/mol.